The zero-order valence-corrected chi connectivity index (χ0v) is 8.17. The molecule has 0 nitrogen and oxygen atoms in total. The standard InChI is InChI=1S/C13H14/c1-4-10-9-13(2,3)12-8-6-5-7-11(10)12/h1,5-8,10H,9H2,2-3H3. The fourth-order valence-corrected chi connectivity index (χ4v) is 2.30. The summed E-state index contributed by atoms with van der Waals surface area (Å²) in [5.41, 5.74) is 3.04. The quantitative estimate of drug-likeness (QED) is 0.525. The normalized spacial score (nSPS) is 23.6. The lowest BCUT2D eigenvalue weighted by Crippen LogP contribution is -2.11. The molecule has 0 saturated carbocycles. The van der Waals surface area contributed by atoms with Gasteiger partial charge in [-0.3, -0.25) is 0 Å². The average Bonchev–Trinajstić information content (AvgIpc) is 2.39. The van der Waals surface area contributed by atoms with Crippen LogP contribution >= 0.6 is 0 Å². The second-order valence-electron chi connectivity index (χ2n) is 4.39. The van der Waals surface area contributed by atoms with Crippen LogP contribution in [0, 0.1) is 12.3 Å². The van der Waals surface area contributed by atoms with Crippen molar-refractivity contribution in [3.05, 3.63) is 35.4 Å². The average molecular weight is 170 g/mol. The van der Waals surface area contributed by atoms with Crippen molar-refractivity contribution in [1.29, 1.82) is 0 Å². The molecule has 1 aliphatic carbocycles. The summed E-state index contributed by atoms with van der Waals surface area (Å²) < 4.78 is 0. The largest absolute Gasteiger partial charge is 0.119 e. The third-order valence-corrected chi connectivity index (χ3v) is 2.98. The molecule has 0 fully saturated rings. The van der Waals surface area contributed by atoms with Gasteiger partial charge in [0.1, 0.15) is 0 Å². The minimum Gasteiger partial charge on any atom is -0.119 e. The predicted octanol–water partition coefficient (Wildman–Crippen LogP) is 3.08. The molecule has 0 heterocycles. The molecule has 1 aromatic carbocycles. The van der Waals surface area contributed by atoms with Gasteiger partial charge in [-0.05, 0) is 23.0 Å². The van der Waals surface area contributed by atoms with E-state index in [1.54, 1.807) is 0 Å². The van der Waals surface area contributed by atoms with Crippen LogP contribution in [-0.4, -0.2) is 0 Å². The molecule has 0 aliphatic heterocycles. The SMILES string of the molecule is C#CC1CC(C)(C)c2ccccc21. The highest BCUT2D eigenvalue weighted by molar-refractivity contribution is 5.44. The summed E-state index contributed by atoms with van der Waals surface area (Å²) in [5, 5.41) is 0. The summed E-state index contributed by atoms with van der Waals surface area (Å²) in [7, 11) is 0. The van der Waals surface area contributed by atoms with E-state index in [-0.39, 0.29) is 5.41 Å². The van der Waals surface area contributed by atoms with E-state index in [0.29, 0.717) is 5.92 Å². The van der Waals surface area contributed by atoms with Crippen molar-refractivity contribution in [1.82, 2.24) is 0 Å². The van der Waals surface area contributed by atoms with Gasteiger partial charge in [0.05, 0.1) is 0 Å². The molecule has 0 radical (unpaired) electrons. The summed E-state index contributed by atoms with van der Waals surface area (Å²) in [4.78, 5) is 0. The molecule has 13 heavy (non-hydrogen) atoms. The third-order valence-electron chi connectivity index (χ3n) is 2.98. The van der Waals surface area contributed by atoms with E-state index in [4.69, 9.17) is 6.42 Å². The van der Waals surface area contributed by atoms with Crippen LogP contribution in [0.3, 0.4) is 0 Å². The van der Waals surface area contributed by atoms with Crippen LogP contribution in [0.2, 0.25) is 0 Å². The lowest BCUT2D eigenvalue weighted by molar-refractivity contribution is 0.508. The van der Waals surface area contributed by atoms with E-state index in [2.05, 4.69) is 44.0 Å². The van der Waals surface area contributed by atoms with Crippen molar-refractivity contribution in [2.24, 2.45) is 0 Å². The molecule has 0 bridgehead atoms. The van der Waals surface area contributed by atoms with Gasteiger partial charge < -0.3 is 0 Å². The molecule has 1 atom stereocenters. The van der Waals surface area contributed by atoms with E-state index in [1.165, 1.54) is 11.1 Å². The number of rotatable bonds is 0. The molecule has 66 valence electrons. The summed E-state index contributed by atoms with van der Waals surface area (Å²) in [6.45, 7) is 4.53. The Morgan fingerprint density at radius 3 is 2.77 bits per heavy atom. The molecule has 0 aromatic heterocycles. The molecule has 0 amide bonds. The Labute approximate surface area is 80.0 Å². The van der Waals surface area contributed by atoms with Crippen molar-refractivity contribution in [2.45, 2.75) is 31.6 Å². The first kappa shape index (κ1) is 8.38. The van der Waals surface area contributed by atoms with Crippen molar-refractivity contribution < 1.29 is 0 Å². The van der Waals surface area contributed by atoms with Crippen molar-refractivity contribution in [3.8, 4) is 12.3 Å². The lowest BCUT2D eigenvalue weighted by Gasteiger charge is -2.18. The van der Waals surface area contributed by atoms with Gasteiger partial charge in [0.2, 0.25) is 0 Å². The van der Waals surface area contributed by atoms with E-state index >= 15 is 0 Å². The Bertz CT molecular complexity index is 366. The Morgan fingerprint density at radius 1 is 1.38 bits per heavy atom. The fourth-order valence-electron chi connectivity index (χ4n) is 2.30. The summed E-state index contributed by atoms with van der Waals surface area (Å²) in [6.07, 6.45) is 6.61. The van der Waals surface area contributed by atoms with Gasteiger partial charge in [0, 0.05) is 5.92 Å². The number of terminal acetylenes is 1. The van der Waals surface area contributed by atoms with E-state index < -0.39 is 0 Å². The fraction of sp³-hybridized carbons (Fsp3) is 0.385. The molecule has 1 unspecified atom stereocenters. The van der Waals surface area contributed by atoms with E-state index in [1.807, 2.05) is 0 Å². The first-order valence-electron chi connectivity index (χ1n) is 4.71. The summed E-state index contributed by atoms with van der Waals surface area (Å²) in [6, 6.07) is 8.53. The van der Waals surface area contributed by atoms with Crippen LogP contribution in [-0.2, 0) is 5.41 Å². The van der Waals surface area contributed by atoms with Crippen LogP contribution in [0.15, 0.2) is 24.3 Å². The zero-order chi connectivity index (χ0) is 9.47. The first-order chi connectivity index (χ1) is 6.15. The highest BCUT2D eigenvalue weighted by Crippen LogP contribution is 2.44. The number of fused-ring (bicyclic) bond motifs is 1. The van der Waals surface area contributed by atoms with Crippen LogP contribution in [0.5, 0.6) is 0 Å². The predicted molar refractivity (Wildman–Crippen MR) is 55.7 cm³/mol. The van der Waals surface area contributed by atoms with Crippen molar-refractivity contribution in [3.63, 3.8) is 0 Å². The maximum absolute atomic E-state index is 5.52. The second-order valence-corrected chi connectivity index (χ2v) is 4.39. The first-order valence-corrected chi connectivity index (χ1v) is 4.71. The highest BCUT2D eigenvalue weighted by atomic mass is 14.4. The van der Waals surface area contributed by atoms with Gasteiger partial charge >= 0.3 is 0 Å². The minimum atomic E-state index is 0.258. The molecule has 1 aromatic rings. The Balaban J connectivity index is 2.58. The van der Waals surface area contributed by atoms with Gasteiger partial charge in [-0.15, -0.1) is 6.42 Å². The number of hydrogen-bond donors (Lipinski definition) is 0. The second kappa shape index (κ2) is 2.64. The molecule has 0 saturated heterocycles. The third kappa shape index (κ3) is 1.16. The van der Waals surface area contributed by atoms with Gasteiger partial charge in [0.15, 0.2) is 0 Å². The minimum absolute atomic E-state index is 0.258. The number of benzene rings is 1. The molecular formula is C13H14. The highest BCUT2D eigenvalue weighted by Gasteiger charge is 2.35. The topological polar surface area (TPSA) is 0 Å². The maximum Gasteiger partial charge on any atom is 0.0460 e. The molecule has 0 N–H and O–H groups in total. The van der Waals surface area contributed by atoms with Gasteiger partial charge in [-0.1, -0.05) is 44.0 Å². The number of hydrogen-bond acceptors (Lipinski definition) is 0. The summed E-state index contributed by atoms with van der Waals surface area (Å²) in [5.74, 6) is 3.20. The molecule has 0 spiro atoms. The van der Waals surface area contributed by atoms with Crippen molar-refractivity contribution >= 4 is 0 Å². The molecule has 1 aliphatic rings. The Morgan fingerprint density at radius 2 is 2.08 bits per heavy atom. The maximum atomic E-state index is 5.52. The molecule has 0 heteroatoms. The molecular weight excluding hydrogens is 156 g/mol. The van der Waals surface area contributed by atoms with Gasteiger partial charge in [-0.2, -0.15) is 0 Å². The molecule has 2 rings (SSSR count). The van der Waals surface area contributed by atoms with Crippen LogP contribution in [0.4, 0.5) is 0 Å². The van der Waals surface area contributed by atoms with Crippen LogP contribution in [0.1, 0.15) is 37.3 Å². The smallest absolute Gasteiger partial charge is 0.0460 e. The van der Waals surface area contributed by atoms with E-state index in [0.717, 1.165) is 6.42 Å². The zero-order valence-electron chi connectivity index (χ0n) is 8.17. The van der Waals surface area contributed by atoms with Gasteiger partial charge in [0.25, 0.3) is 0 Å². The monoisotopic (exact) mass is 170 g/mol. The Kier molecular flexibility index (Phi) is 1.70. The van der Waals surface area contributed by atoms with Crippen LogP contribution in [0.25, 0.3) is 0 Å². The van der Waals surface area contributed by atoms with E-state index in [9.17, 15) is 0 Å². The summed E-state index contributed by atoms with van der Waals surface area (Å²) >= 11 is 0. The Hall–Kier alpha value is -1.22. The van der Waals surface area contributed by atoms with Crippen molar-refractivity contribution in [2.75, 3.05) is 0 Å². The van der Waals surface area contributed by atoms with Gasteiger partial charge in [-0.25, -0.2) is 0 Å². The van der Waals surface area contributed by atoms with Crippen LogP contribution < -0.4 is 0 Å². The lowest BCUT2D eigenvalue weighted by atomic mass is 9.86.